The maximum absolute atomic E-state index is 13.5. The van der Waals surface area contributed by atoms with Gasteiger partial charge >= 0.3 is 0 Å². The van der Waals surface area contributed by atoms with Gasteiger partial charge in [-0.15, -0.1) is 0 Å². The first kappa shape index (κ1) is 14.0. The summed E-state index contributed by atoms with van der Waals surface area (Å²) >= 11 is 3.12. The highest BCUT2D eigenvalue weighted by Gasteiger charge is 2.18. The molecule has 0 aliphatic heterocycles. The Morgan fingerprint density at radius 2 is 1.84 bits per heavy atom. The zero-order valence-electron chi connectivity index (χ0n) is 10.7. The monoisotopic (exact) mass is 324 g/mol. The Labute approximate surface area is 120 Å². The third-order valence-electron chi connectivity index (χ3n) is 2.96. The number of ether oxygens (including phenoxy) is 1. The fraction of sp³-hybridized carbons (Fsp3) is 0.200. The minimum absolute atomic E-state index is 0.300. The first-order valence-corrected chi connectivity index (χ1v) is 6.59. The molecule has 1 N–H and O–H groups in total. The van der Waals surface area contributed by atoms with Crippen molar-refractivity contribution in [3.63, 3.8) is 0 Å². The smallest absolute Gasteiger partial charge is 0.141 e. The van der Waals surface area contributed by atoms with Gasteiger partial charge in [0.05, 0.1) is 11.6 Å². The van der Waals surface area contributed by atoms with E-state index in [0.717, 1.165) is 11.1 Å². The molecular formula is C15H14BrFO2. The molecule has 0 amide bonds. The maximum Gasteiger partial charge on any atom is 0.141 e. The highest BCUT2D eigenvalue weighted by atomic mass is 79.9. The Morgan fingerprint density at radius 3 is 2.42 bits per heavy atom. The summed E-state index contributed by atoms with van der Waals surface area (Å²) < 4.78 is 18.9. The second-order valence-electron chi connectivity index (χ2n) is 4.32. The number of hydrogen-bond acceptors (Lipinski definition) is 2. The second kappa shape index (κ2) is 5.72. The molecule has 2 aromatic rings. The van der Waals surface area contributed by atoms with Gasteiger partial charge < -0.3 is 9.84 Å². The van der Waals surface area contributed by atoms with Crippen LogP contribution >= 0.6 is 15.9 Å². The largest absolute Gasteiger partial charge is 0.496 e. The van der Waals surface area contributed by atoms with Gasteiger partial charge in [0.15, 0.2) is 0 Å². The van der Waals surface area contributed by atoms with Crippen LogP contribution in [0.2, 0.25) is 0 Å². The molecule has 1 atom stereocenters. The van der Waals surface area contributed by atoms with Gasteiger partial charge in [-0.05, 0) is 34.5 Å². The Balaban J connectivity index is 2.45. The lowest BCUT2D eigenvalue weighted by Crippen LogP contribution is -2.03. The topological polar surface area (TPSA) is 29.5 Å². The lowest BCUT2D eigenvalue weighted by atomic mass is 9.99. The molecule has 0 saturated heterocycles. The van der Waals surface area contributed by atoms with Crippen molar-refractivity contribution in [2.45, 2.75) is 13.0 Å². The highest BCUT2D eigenvalue weighted by Crippen LogP contribution is 2.34. The number of halogens is 2. The molecule has 0 aliphatic rings. The fourth-order valence-electron chi connectivity index (χ4n) is 1.86. The Hall–Kier alpha value is -1.39. The van der Waals surface area contributed by atoms with Gasteiger partial charge in [-0.3, -0.25) is 0 Å². The number of benzene rings is 2. The van der Waals surface area contributed by atoms with Crippen LogP contribution in [0.4, 0.5) is 4.39 Å². The number of hydrogen-bond donors (Lipinski definition) is 1. The molecule has 0 aromatic heterocycles. The summed E-state index contributed by atoms with van der Waals surface area (Å²) in [6.07, 6.45) is -0.854. The summed E-state index contributed by atoms with van der Waals surface area (Å²) in [5, 5.41) is 10.4. The first-order chi connectivity index (χ1) is 9.02. The van der Waals surface area contributed by atoms with Gasteiger partial charge in [0.25, 0.3) is 0 Å². The molecule has 0 spiro atoms. The van der Waals surface area contributed by atoms with E-state index in [0.29, 0.717) is 15.8 Å². The van der Waals surface area contributed by atoms with Crippen molar-refractivity contribution in [2.24, 2.45) is 0 Å². The van der Waals surface area contributed by atoms with Gasteiger partial charge in [-0.1, -0.05) is 29.8 Å². The van der Waals surface area contributed by atoms with Crippen LogP contribution in [-0.2, 0) is 0 Å². The molecule has 0 heterocycles. The third-order valence-corrected chi connectivity index (χ3v) is 3.57. The quantitative estimate of drug-likeness (QED) is 0.925. The molecule has 2 nitrogen and oxygen atoms in total. The highest BCUT2D eigenvalue weighted by molar-refractivity contribution is 9.10. The van der Waals surface area contributed by atoms with Crippen LogP contribution in [0.15, 0.2) is 40.9 Å². The van der Waals surface area contributed by atoms with Crippen molar-refractivity contribution in [1.82, 2.24) is 0 Å². The SMILES string of the molecule is COc1cc(F)c(Br)cc1C(O)c1ccc(C)cc1. The lowest BCUT2D eigenvalue weighted by molar-refractivity contribution is 0.214. The molecule has 2 aromatic carbocycles. The predicted octanol–water partition coefficient (Wildman–Crippen LogP) is 3.99. The molecule has 0 radical (unpaired) electrons. The molecular weight excluding hydrogens is 311 g/mol. The maximum atomic E-state index is 13.5. The summed E-state index contributed by atoms with van der Waals surface area (Å²) in [6.45, 7) is 1.98. The lowest BCUT2D eigenvalue weighted by Gasteiger charge is -2.16. The van der Waals surface area contributed by atoms with E-state index in [-0.39, 0.29) is 0 Å². The van der Waals surface area contributed by atoms with E-state index in [2.05, 4.69) is 15.9 Å². The average molecular weight is 325 g/mol. The van der Waals surface area contributed by atoms with Crippen LogP contribution in [0.25, 0.3) is 0 Å². The van der Waals surface area contributed by atoms with E-state index in [1.54, 1.807) is 6.07 Å². The minimum Gasteiger partial charge on any atom is -0.496 e. The van der Waals surface area contributed by atoms with Crippen LogP contribution in [0.5, 0.6) is 5.75 Å². The van der Waals surface area contributed by atoms with Gasteiger partial charge in [-0.2, -0.15) is 0 Å². The van der Waals surface area contributed by atoms with Crippen molar-refractivity contribution >= 4 is 15.9 Å². The standard InChI is InChI=1S/C15H14BrFO2/c1-9-3-5-10(6-4-9)15(18)11-7-12(16)13(17)8-14(11)19-2/h3-8,15,18H,1-2H3. The molecule has 0 fully saturated rings. The molecule has 4 heteroatoms. The van der Waals surface area contributed by atoms with Crippen molar-refractivity contribution in [3.05, 3.63) is 63.4 Å². The molecule has 0 bridgehead atoms. The average Bonchev–Trinajstić information content (AvgIpc) is 2.41. The Morgan fingerprint density at radius 1 is 1.21 bits per heavy atom. The summed E-state index contributed by atoms with van der Waals surface area (Å²) in [5.74, 6) is -0.0921. The fourth-order valence-corrected chi connectivity index (χ4v) is 2.22. The van der Waals surface area contributed by atoms with Crippen molar-refractivity contribution in [1.29, 1.82) is 0 Å². The number of aliphatic hydroxyl groups excluding tert-OH is 1. The molecule has 2 rings (SSSR count). The van der Waals surface area contributed by atoms with E-state index in [1.807, 2.05) is 31.2 Å². The van der Waals surface area contributed by atoms with Gasteiger partial charge in [0.1, 0.15) is 17.7 Å². The summed E-state index contributed by atoms with van der Waals surface area (Å²) in [4.78, 5) is 0. The zero-order valence-corrected chi connectivity index (χ0v) is 12.2. The van der Waals surface area contributed by atoms with E-state index in [1.165, 1.54) is 13.2 Å². The normalized spacial score (nSPS) is 12.3. The van der Waals surface area contributed by atoms with E-state index in [4.69, 9.17) is 4.74 Å². The van der Waals surface area contributed by atoms with Crippen LogP contribution in [-0.4, -0.2) is 12.2 Å². The molecule has 100 valence electrons. The van der Waals surface area contributed by atoms with E-state index in [9.17, 15) is 9.50 Å². The predicted molar refractivity (Wildman–Crippen MR) is 75.9 cm³/mol. The number of aliphatic hydroxyl groups is 1. The minimum atomic E-state index is -0.854. The number of methoxy groups -OCH3 is 1. The third kappa shape index (κ3) is 2.96. The first-order valence-electron chi connectivity index (χ1n) is 5.80. The van der Waals surface area contributed by atoms with Crippen LogP contribution < -0.4 is 4.74 Å². The van der Waals surface area contributed by atoms with Crippen LogP contribution in [0.3, 0.4) is 0 Å². The van der Waals surface area contributed by atoms with Crippen LogP contribution in [0, 0.1) is 12.7 Å². The van der Waals surface area contributed by atoms with Crippen LogP contribution in [0.1, 0.15) is 22.8 Å². The Bertz CT molecular complexity index is 581. The van der Waals surface area contributed by atoms with Gasteiger partial charge in [0, 0.05) is 11.6 Å². The number of rotatable bonds is 3. The van der Waals surface area contributed by atoms with Crippen molar-refractivity contribution in [2.75, 3.05) is 7.11 Å². The molecule has 0 aliphatic carbocycles. The van der Waals surface area contributed by atoms with E-state index < -0.39 is 11.9 Å². The molecule has 19 heavy (non-hydrogen) atoms. The zero-order chi connectivity index (χ0) is 14.0. The summed E-state index contributed by atoms with van der Waals surface area (Å²) in [6, 6.07) is 10.3. The Kier molecular flexibility index (Phi) is 4.22. The van der Waals surface area contributed by atoms with Gasteiger partial charge in [0.2, 0.25) is 0 Å². The summed E-state index contributed by atoms with van der Waals surface area (Å²) in [7, 11) is 1.45. The van der Waals surface area contributed by atoms with E-state index >= 15 is 0 Å². The molecule has 0 saturated carbocycles. The van der Waals surface area contributed by atoms with Crippen molar-refractivity contribution < 1.29 is 14.2 Å². The molecule has 1 unspecified atom stereocenters. The number of aryl methyl sites for hydroxylation is 1. The summed E-state index contributed by atoms with van der Waals surface area (Å²) in [5.41, 5.74) is 2.38. The second-order valence-corrected chi connectivity index (χ2v) is 5.18. The van der Waals surface area contributed by atoms with Gasteiger partial charge in [-0.25, -0.2) is 4.39 Å². The van der Waals surface area contributed by atoms with Crippen molar-refractivity contribution in [3.8, 4) is 5.75 Å².